The summed E-state index contributed by atoms with van der Waals surface area (Å²) in [5, 5.41) is 0. The zero-order chi connectivity index (χ0) is 13.9. The summed E-state index contributed by atoms with van der Waals surface area (Å²) in [4.78, 5) is 4.48. The van der Waals surface area contributed by atoms with E-state index in [4.69, 9.17) is 0 Å². The summed E-state index contributed by atoms with van der Waals surface area (Å²) >= 11 is 0. The second kappa shape index (κ2) is 5.56. The molecule has 0 saturated heterocycles. The third-order valence-corrected chi connectivity index (χ3v) is 3.35. The summed E-state index contributed by atoms with van der Waals surface area (Å²) < 4.78 is 0. The summed E-state index contributed by atoms with van der Waals surface area (Å²) in [6.45, 7) is 9.04. The van der Waals surface area contributed by atoms with Crippen molar-refractivity contribution < 1.29 is 0 Å². The van der Waals surface area contributed by atoms with Gasteiger partial charge in [-0.15, -0.1) is 0 Å². The molecule has 0 fully saturated rings. The summed E-state index contributed by atoms with van der Waals surface area (Å²) in [7, 11) is 0. The minimum absolute atomic E-state index is 0.366. The Hall–Kier alpha value is -1.63. The Bertz CT molecular complexity index is 535. The fraction of sp³-hybridized carbons (Fsp3) is 0.389. The van der Waals surface area contributed by atoms with Gasteiger partial charge in [-0.2, -0.15) is 0 Å². The van der Waals surface area contributed by atoms with Crippen molar-refractivity contribution in [1.29, 1.82) is 0 Å². The summed E-state index contributed by atoms with van der Waals surface area (Å²) in [6, 6.07) is 12.8. The van der Waals surface area contributed by atoms with Gasteiger partial charge in [-0.3, -0.25) is 4.98 Å². The normalized spacial score (nSPS) is 11.6. The first-order valence-electron chi connectivity index (χ1n) is 6.97. The molecule has 0 N–H and O–H groups in total. The molecule has 0 bridgehead atoms. The largest absolute Gasteiger partial charge is 0.256 e. The predicted molar refractivity (Wildman–Crippen MR) is 82.2 cm³/mol. The van der Waals surface area contributed by atoms with Crippen LogP contribution in [0, 0.1) is 12.3 Å². The van der Waals surface area contributed by atoms with Crippen molar-refractivity contribution in [3.63, 3.8) is 0 Å². The smallest absolute Gasteiger partial charge is 0.0704 e. The van der Waals surface area contributed by atoms with E-state index in [9.17, 15) is 0 Å². The molecule has 0 aliphatic rings. The Morgan fingerprint density at radius 1 is 1.05 bits per heavy atom. The molecule has 19 heavy (non-hydrogen) atoms. The van der Waals surface area contributed by atoms with Crippen LogP contribution >= 0.6 is 0 Å². The summed E-state index contributed by atoms with van der Waals surface area (Å²) in [5.74, 6) is 0. The van der Waals surface area contributed by atoms with Crippen molar-refractivity contribution in [3.8, 4) is 11.3 Å². The first-order chi connectivity index (χ1) is 8.96. The van der Waals surface area contributed by atoms with E-state index in [2.05, 4.69) is 63.0 Å². The van der Waals surface area contributed by atoms with Gasteiger partial charge in [0.1, 0.15) is 0 Å². The molecule has 0 atom stereocenters. The van der Waals surface area contributed by atoms with Crippen LogP contribution in [0.4, 0.5) is 0 Å². The Balaban J connectivity index is 2.33. The minimum Gasteiger partial charge on any atom is -0.256 e. The van der Waals surface area contributed by atoms with Crippen molar-refractivity contribution in [2.45, 2.75) is 40.5 Å². The van der Waals surface area contributed by atoms with E-state index < -0.39 is 0 Å². The molecule has 1 aromatic carbocycles. The Labute approximate surface area is 116 Å². The van der Waals surface area contributed by atoms with Gasteiger partial charge in [0.25, 0.3) is 0 Å². The van der Waals surface area contributed by atoms with Gasteiger partial charge in [-0.05, 0) is 42.9 Å². The van der Waals surface area contributed by atoms with E-state index in [1.165, 1.54) is 23.1 Å². The number of aromatic nitrogens is 1. The highest BCUT2D eigenvalue weighted by atomic mass is 14.7. The van der Waals surface area contributed by atoms with Crippen LogP contribution in [-0.2, 0) is 6.42 Å². The van der Waals surface area contributed by atoms with Crippen molar-refractivity contribution in [2.24, 2.45) is 5.41 Å². The van der Waals surface area contributed by atoms with Crippen LogP contribution in [-0.4, -0.2) is 4.98 Å². The van der Waals surface area contributed by atoms with Crippen molar-refractivity contribution in [3.05, 3.63) is 53.7 Å². The zero-order valence-corrected chi connectivity index (χ0v) is 12.4. The van der Waals surface area contributed by atoms with Crippen molar-refractivity contribution in [2.75, 3.05) is 0 Å². The van der Waals surface area contributed by atoms with Gasteiger partial charge in [-0.1, -0.05) is 50.6 Å². The van der Waals surface area contributed by atoms with Gasteiger partial charge in [0.15, 0.2) is 0 Å². The van der Waals surface area contributed by atoms with E-state index >= 15 is 0 Å². The highest BCUT2D eigenvalue weighted by Crippen LogP contribution is 2.28. The van der Waals surface area contributed by atoms with Crippen LogP contribution in [0.15, 0.2) is 42.6 Å². The van der Waals surface area contributed by atoms with Crippen LogP contribution in [0.25, 0.3) is 11.3 Å². The number of benzene rings is 1. The molecule has 1 nitrogen and oxygen atoms in total. The fourth-order valence-electron chi connectivity index (χ4n) is 2.21. The predicted octanol–water partition coefficient (Wildman–Crippen LogP) is 5.04. The zero-order valence-electron chi connectivity index (χ0n) is 12.4. The van der Waals surface area contributed by atoms with Gasteiger partial charge in [0.05, 0.1) is 5.69 Å². The first-order valence-corrected chi connectivity index (χ1v) is 6.97. The average molecular weight is 253 g/mol. The van der Waals surface area contributed by atoms with E-state index in [0.29, 0.717) is 5.41 Å². The van der Waals surface area contributed by atoms with Crippen LogP contribution < -0.4 is 0 Å². The highest BCUT2D eigenvalue weighted by Gasteiger charge is 2.13. The van der Waals surface area contributed by atoms with Gasteiger partial charge in [-0.25, -0.2) is 0 Å². The van der Waals surface area contributed by atoms with E-state index in [1.807, 2.05) is 12.3 Å². The lowest BCUT2D eigenvalue weighted by Gasteiger charge is -2.19. The van der Waals surface area contributed by atoms with Gasteiger partial charge < -0.3 is 0 Å². The molecule has 0 spiro atoms. The fourth-order valence-corrected chi connectivity index (χ4v) is 2.21. The second-order valence-electron chi connectivity index (χ2n) is 6.44. The lowest BCUT2D eigenvalue weighted by molar-refractivity contribution is 0.378. The molecule has 1 aromatic heterocycles. The van der Waals surface area contributed by atoms with Gasteiger partial charge in [0.2, 0.25) is 0 Å². The van der Waals surface area contributed by atoms with E-state index in [-0.39, 0.29) is 0 Å². The Morgan fingerprint density at radius 2 is 1.84 bits per heavy atom. The number of rotatable bonds is 3. The molecule has 0 aliphatic heterocycles. The van der Waals surface area contributed by atoms with Crippen LogP contribution in [0.5, 0.6) is 0 Å². The minimum atomic E-state index is 0.366. The molecule has 0 saturated carbocycles. The molecule has 0 radical (unpaired) electrons. The standard InChI is InChI=1S/C18H23N/c1-14-8-9-16(17-7-5-6-12-19-17)15(13-14)10-11-18(2,3)4/h5-9,12-13H,10-11H2,1-4H3. The molecule has 0 unspecified atom stereocenters. The number of hydrogen-bond acceptors (Lipinski definition) is 1. The number of nitrogens with zero attached hydrogens (tertiary/aromatic N) is 1. The molecule has 2 aromatic rings. The SMILES string of the molecule is Cc1ccc(-c2ccccn2)c(CCC(C)(C)C)c1. The number of hydrogen-bond donors (Lipinski definition) is 0. The average Bonchev–Trinajstić information content (AvgIpc) is 2.37. The first kappa shape index (κ1) is 13.8. The number of pyridine rings is 1. The lowest BCUT2D eigenvalue weighted by Crippen LogP contribution is -2.07. The topological polar surface area (TPSA) is 12.9 Å². The molecule has 1 heterocycles. The van der Waals surface area contributed by atoms with Crippen LogP contribution in [0.1, 0.15) is 38.3 Å². The Kier molecular flexibility index (Phi) is 4.04. The van der Waals surface area contributed by atoms with Crippen LogP contribution in [0.3, 0.4) is 0 Å². The maximum atomic E-state index is 4.48. The molecule has 0 amide bonds. The molecular weight excluding hydrogens is 230 g/mol. The third kappa shape index (κ3) is 3.92. The number of aryl methyl sites for hydroxylation is 2. The quantitative estimate of drug-likeness (QED) is 0.747. The van der Waals surface area contributed by atoms with E-state index in [0.717, 1.165) is 12.1 Å². The monoisotopic (exact) mass is 253 g/mol. The maximum absolute atomic E-state index is 4.48. The van der Waals surface area contributed by atoms with Crippen molar-refractivity contribution in [1.82, 2.24) is 4.98 Å². The van der Waals surface area contributed by atoms with Gasteiger partial charge in [0, 0.05) is 11.8 Å². The van der Waals surface area contributed by atoms with E-state index in [1.54, 1.807) is 0 Å². The lowest BCUT2D eigenvalue weighted by atomic mass is 9.87. The summed E-state index contributed by atoms with van der Waals surface area (Å²) in [5.41, 5.74) is 5.45. The molecule has 0 aliphatic carbocycles. The molecule has 100 valence electrons. The van der Waals surface area contributed by atoms with Crippen LogP contribution in [0.2, 0.25) is 0 Å². The molecular formula is C18H23N. The second-order valence-corrected chi connectivity index (χ2v) is 6.44. The highest BCUT2D eigenvalue weighted by molar-refractivity contribution is 5.64. The molecule has 2 rings (SSSR count). The maximum Gasteiger partial charge on any atom is 0.0704 e. The summed E-state index contributed by atoms with van der Waals surface area (Å²) in [6.07, 6.45) is 4.16. The van der Waals surface area contributed by atoms with Gasteiger partial charge >= 0.3 is 0 Å². The third-order valence-electron chi connectivity index (χ3n) is 3.35. The van der Waals surface area contributed by atoms with Crippen molar-refractivity contribution >= 4 is 0 Å². The Morgan fingerprint density at radius 3 is 2.47 bits per heavy atom. The molecule has 1 heteroatoms.